The standard InChI is InChI=1S/C18H31ClN2/c1-14(2)11-20-12-18(4,5)13-21(6)15(3)16-7-9-17(19)10-8-16/h7-10,14-15,20H,11-13H2,1-6H3. The van der Waals surface area contributed by atoms with Crippen LogP contribution in [0.25, 0.3) is 0 Å². The maximum Gasteiger partial charge on any atom is 0.0406 e. The number of benzene rings is 1. The molecule has 0 fully saturated rings. The number of halogens is 1. The van der Waals surface area contributed by atoms with E-state index < -0.39 is 0 Å². The maximum atomic E-state index is 5.96. The molecule has 21 heavy (non-hydrogen) atoms. The summed E-state index contributed by atoms with van der Waals surface area (Å²) < 4.78 is 0. The Morgan fingerprint density at radius 1 is 1.14 bits per heavy atom. The van der Waals surface area contributed by atoms with E-state index in [1.165, 1.54) is 5.56 Å². The van der Waals surface area contributed by atoms with E-state index in [1.54, 1.807) is 0 Å². The first kappa shape index (κ1) is 18.5. The zero-order chi connectivity index (χ0) is 16.0. The van der Waals surface area contributed by atoms with E-state index >= 15 is 0 Å². The van der Waals surface area contributed by atoms with Crippen LogP contribution in [0.1, 0.15) is 46.2 Å². The first-order chi connectivity index (χ1) is 9.71. The number of nitrogens with zero attached hydrogens (tertiary/aromatic N) is 1. The molecule has 3 heteroatoms. The molecule has 1 N–H and O–H groups in total. The molecule has 1 unspecified atom stereocenters. The molecule has 0 aromatic heterocycles. The van der Waals surface area contributed by atoms with Crippen molar-refractivity contribution in [3.8, 4) is 0 Å². The molecule has 0 aliphatic carbocycles. The molecular weight excluding hydrogens is 280 g/mol. The third-order valence-corrected chi connectivity index (χ3v) is 4.10. The minimum Gasteiger partial charge on any atom is -0.316 e. The molecule has 0 saturated heterocycles. The van der Waals surface area contributed by atoms with Gasteiger partial charge in [0, 0.05) is 24.2 Å². The highest BCUT2D eigenvalue weighted by Gasteiger charge is 2.23. The molecule has 0 amide bonds. The van der Waals surface area contributed by atoms with E-state index in [-0.39, 0.29) is 5.41 Å². The van der Waals surface area contributed by atoms with Gasteiger partial charge in [-0.15, -0.1) is 0 Å². The van der Waals surface area contributed by atoms with Crippen molar-refractivity contribution in [3.05, 3.63) is 34.9 Å². The van der Waals surface area contributed by atoms with Crippen LogP contribution in [0.3, 0.4) is 0 Å². The summed E-state index contributed by atoms with van der Waals surface area (Å²) in [5, 5.41) is 4.37. The average Bonchev–Trinajstić information content (AvgIpc) is 2.37. The minimum absolute atomic E-state index is 0.254. The summed E-state index contributed by atoms with van der Waals surface area (Å²) in [4.78, 5) is 2.42. The zero-order valence-corrected chi connectivity index (χ0v) is 15.2. The van der Waals surface area contributed by atoms with Crippen molar-refractivity contribution >= 4 is 11.6 Å². The quantitative estimate of drug-likeness (QED) is 0.754. The Morgan fingerprint density at radius 3 is 2.24 bits per heavy atom. The highest BCUT2D eigenvalue weighted by atomic mass is 35.5. The van der Waals surface area contributed by atoms with Crippen molar-refractivity contribution in [1.82, 2.24) is 10.2 Å². The summed E-state index contributed by atoms with van der Waals surface area (Å²) in [6.07, 6.45) is 0. The molecule has 0 heterocycles. The van der Waals surface area contributed by atoms with Crippen molar-refractivity contribution in [2.45, 2.75) is 40.7 Å². The van der Waals surface area contributed by atoms with Gasteiger partial charge >= 0.3 is 0 Å². The first-order valence-electron chi connectivity index (χ1n) is 7.88. The van der Waals surface area contributed by atoms with E-state index in [0.29, 0.717) is 12.0 Å². The monoisotopic (exact) mass is 310 g/mol. The highest BCUT2D eigenvalue weighted by molar-refractivity contribution is 6.30. The van der Waals surface area contributed by atoms with E-state index in [1.807, 2.05) is 12.1 Å². The molecule has 1 rings (SSSR count). The Hall–Kier alpha value is -0.570. The molecular formula is C18H31ClN2. The van der Waals surface area contributed by atoms with Crippen LogP contribution >= 0.6 is 11.6 Å². The van der Waals surface area contributed by atoms with Gasteiger partial charge in [0.1, 0.15) is 0 Å². The normalized spacial score (nSPS) is 14.0. The Morgan fingerprint density at radius 2 is 1.71 bits per heavy atom. The Balaban J connectivity index is 2.53. The predicted molar refractivity (Wildman–Crippen MR) is 94.0 cm³/mol. The summed E-state index contributed by atoms with van der Waals surface area (Å²) >= 11 is 5.96. The Kier molecular flexibility index (Phi) is 7.19. The molecule has 1 aromatic rings. The second-order valence-corrected chi connectivity index (χ2v) is 7.77. The summed E-state index contributed by atoms with van der Waals surface area (Å²) in [7, 11) is 2.20. The third kappa shape index (κ3) is 6.82. The molecule has 2 nitrogen and oxygen atoms in total. The second kappa shape index (κ2) is 8.17. The number of hydrogen-bond acceptors (Lipinski definition) is 2. The van der Waals surface area contributed by atoms with E-state index in [9.17, 15) is 0 Å². The molecule has 1 aromatic carbocycles. The van der Waals surface area contributed by atoms with Crippen molar-refractivity contribution < 1.29 is 0 Å². The number of hydrogen-bond donors (Lipinski definition) is 1. The minimum atomic E-state index is 0.254. The summed E-state index contributed by atoms with van der Waals surface area (Å²) in [6, 6.07) is 8.57. The van der Waals surface area contributed by atoms with Gasteiger partial charge in [-0.25, -0.2) is 0 Å². The SMILES string of the molecule is CC(C)CNCC(C)(C)CN(C)C(C)c1ccc(Cl)cc1. The average molecular weight is 311 g/mol. The van der Waals surface area contributed by atoms with Crippen LogP contribution in [0.4, 0.5) is 0 Å². The van der Waals surface area contributed by atoms with Crippen LogP contribution in [-0.2, 0) is 0 Å². The lowest BCUT2D eigenvalue weighted by Crippen LogP contribution is -2.40. The fourth-order valence-electron chi connectivity index (χ4n) is 2.56. The van der Waals surface area contributed by atoms with Crippen LogP contribution in [0.2, 0.25) is 5.02 Å². The molecule has 0 bridgehead atoms. The molecule has 1 atom stereocenters. The number of rotatable bonds is 8. The van der Waals surface area contributed by atoms with Gasteiger partial charge < -0.3 is 5.32 Å². The topological polar surface area (TPSA) is 15.3 Å². The van der Waals surface area contributed by atoms with Crippen molar-refractivity contribution in [2.24, 2.45) is 11.3 Å². The summed E-state index contributed by atoms with van der Waals surface area (Å²) in [5.41, 5.74) is 1.57. The number of nitrogens with one attached hydrogen (secondary N) is 1. The van der Waals surface area contributed by atoms with Gasteiger partial charge in [-0.05, 0) is 49.5 Å². The van der Waals surface area contributed by atoms with Gasteiger partial charge in [-0.3, -0.25) is 4.90 Å². The van der Waals surface area contributed by atoms with Crippen molar-refractivity contribution in [2.75, 3.05) is 26.7 Å². The molecule has 0 spiro atoms. The zero-order valence-electron chi connectivity index (χ0n) is 14.4. The molecule has 0 aliphatic rings. The van der Waals surface area contributed by atoms with Gasteiger partial charge in [0.15, 0.2) is 0 Å². The van der Waals surface area contributed by atoms with Gasteiger partial charge in [0.2, 0.25) is 0 Å². The lowest BCUT2D eigenvalue weighted by molar-refractivity contribution is 0.165. The maximum absolute atomic E-state index is 5.96. The van der Waals surface area contributed by atoms with Crippen LogP contribution < -0.4 is 5.32 Å². The lowest BCUT2D eigenvalue weighted by atomic mass is 9.91. The predicted octanol–water partition coefficient (Wildman–Crippen LogP) is 4.60. The van der Waals surface area contributed by atoms with Crippen LogP contribution in [0.15, 0.2) is 24.3 Å². The Labute approximate surface area is 135 Å². The summed E-state index contributed by atoms with van der Waals surface area (Å²) in [6.45, 7) is 14.6. The highest BCUT2D eigenvalue weighted by Crippen LogP contribution is 2.24. The van der Waals surface area contributed by atoms with Gasteiger partial charge in [-0.1, -0.05) is 51.4 Å². The van der Waals surface area contributed by atoms with Crippen molar-refractivity contribution in [1.29, 1.82) is 0 Å². The smallest absolute Gasteiger partial charge is 0.0406 e. The molecule has 0 saturated carbocycles. The first-order valence-corrected chi connectivity index (χ1v) is 8.25. The second-order valence-electron chi connectivity index (χ2n) is 7.33. The largest absolute Gasteiger partial charge is 0.316 e. The van der Waals surface area contributed by atoms with Gasteiger partial charge in [0.05, 0.1) is 0 Å². The van der Waals surface area contributed by atoms with Gasteiger partial charge in [0.25, 0.3) is 0 Å². The Bertz CT molecular complexity index is 412. The van der Waals surface area contributed by atoms with E-state index in [0.717, 1.165) is 24.7 Å². The fourth-order valence-corrected chi connectivity index (χ4v) is 2.69. The molecule has 120 valence electrons. The lowest BCUT2D eigenvalue weighted by Gasteiger charge is -2.34. The van der Waals surface area contributed by atoms with E-state index in [2.05, 4.69) is 64.0 Å². The van der Waals surface area contributed by atoms with E-state index in [4.69, 9.17) is 11.6 Å². The van der Waals surface area contributed by atoms with Crippen molar-refractivity contribution in [3.63, 3.8) is 0 Å². The fraction of sp³-hybridized carbons (Fsp3) is 0.667. The van der Waals surface area contributed by atoms with Crippen LogP contribution in [-0.4, -0.2) is 31.6 Å². The molecule has 0 aliphatic heterocycles. The van der Waals surface area contributed by atoms with Crippen LogP contribution in [0, 0.1) is 11.3 Å². The summed E-state index contributed by atoms with van der Waals surface area (Å²) in [5.74, 6) is 0.700. The van der Waals surface area contributed by atoms with Gasteiger partial charge in [-0.2, -0.15) is 0 Å². The third-order valence-electron chi connectivity index (χ3n) is 3.85. The van der Waals surface area contributed by atoms with Crippen LogP contribution in [0.5, 0.6) is 0 Å². The molecule has 0 radical (unpaired) electrons.